The Morgan fingerprint density at radius 1 is 1.28 bits per heavy atom. The molecule has 2 heterocycles. The molecule has 4 unspecified atom stereocenters. The third-order valence-electron chi connectivity index (χ3n) is 5.43. The van der Waals surface area contributed by atoms with Crippen LogP contribution in [0, 0.1) is 11.8 Å². The standard InChI is InChI=1S/C16H24O9/c1-16(22)3-2-8-7(4-17)6-23-14(10(8)16)25-15-13(21)12(20)11(19)9(5-18)24-15/h4,6,8-15,18-22H,2-3,5H2,1H3/t8-,9?,10-,11-,12?,13?,14?,15+,16+/m1/s1. The Morgan fingerprint density at radius 2 is 2.00 bits per heavy atom. The van der Waals surface area contributed by atoms with Gasteiger partial charge in [0, 0.05) is 11.5 Å². The molecule has 9 atom stereocenters. The molecule has 1 saturated heterocycles. The van der Waals surface area contributed by atoms with Crippen molar-refractivity contribution >= 4 is 6.29 Å². The second-order valence-corrected chi connectivity index (χ2v) is 7.10. The molecule has 5 N–H and O–H groups in total. The third-order valence-corrected chi connectivity index (χ3v) is 5.43. The van der Waals surface area contributed by atoms with Crippen LogP contribution in [0.25, 0.3) is 0 Å². The largest absolute Gasteiger partial charge is 0.472 e. The lowest BCUT2D eigenvalue weighted by molar-refractivity contribution is -0.346. The summed E-state index contributed by atoms with van der Waals surface area (Å²) in [6.07, 6.45) is -5.14. The lowest BCUT2D eigenvalue weighted by Gasteiger charge is -2.44. The van der Waals surface area contributed by atoms with Gasteiger partial charge in [-0.05, 0) is 19.8 Å². The Morgan fingerprint density at radius 3 is 2.64 bits per heavy atom. The Bertz CT molecular complexity index is 532. The Hall–Kier alpha value is -1.07. The van der Waals surface area contributed by atoms with E-state index in [1.165, 1.54) is 6.26 Å². The van der Waals surface area contributed by atoms with E-state index in [4.69, 9.17) is 14.2 Å². The summed E-state index contributed by atoms with van der Waals surface area (Å²) < 4.78 is 16.4. The van der Waals surface area contributed by atoms with Crippen molar-refractivity contribution in [1.82, 2.24) is 0 Å². The zero-order valence-electron chi connectivity index (χ0n) is 13.8. The van der Waals surface area contributed by atoms with Gasteiger partial charge >= 0.3 is 0 Å². The van der Waals surface area contributed by atoms with Gasteiger partial charge in [0.25, 0.3) is 0 Å². The van der Waals surface area contributed by atoms with Gasteiger partial charge in [-0.3, -0.25) is 4.79 Å². The SMILES string of the molecule is C[C@]1(O)CC[C@@H]2C(C=O)=COC(O[C@@H]3OC(CO)[C@@H](O)C(O)C3O)[C@@H]21. The summed E-state index contributed by atoms with van der Waals surface area (Å²) in [7, 11) is 0. The lowest BCUT2D eigenvalue weighted by atomic mass is 9.81. The second kappa shape index (κ2) is 6.92. The van der Waals surface area contributed by atoms with Crippen LogP contribution in [0.15, 0.2) is 11.8 Å². The molecule has 2 aliphatic heterocycles. The fourth-order valence-corrected chi connectivity index (χ4v) is 3.95. The van der Waals surface area contributed by atoms with E-state index < -0.39 is 55.1 Å². The van der Waals surface area contributed by atoms with E-state index in [0.29, 0.717) is 24.7 Å². The highest BCUT2D eigenvalue weighted by Gasteiger charge is 2.54. The average Bonchev–Trinajstić information content (AvgIpc) is 2.92. The van der Waals surface area contributed by atoms with Gasteiger partial charge < -0.3 is 39.7 Å². The number of ether oxygens (including phenoxy) is 3. The summed E-state index contributed by atoms with van der Waals surface area (Å²) in [5.41, 5.74) is -0.720. The van der Waals surface area contributed by atoms with E-state index in [1.54, 1.807) is 6.92 Å². The minimum absolute atomic E-state index is 0.254. The molecule has 142 valence electrons. The van der Waals surface area contributed by atoms with E-state index in [2.05, 4.69) is 0 Å². The van der Waals surface area contributed by atoms with Gasteiger partial charge in [-0.2, -0.15) is 0 Å². The number of allylic oxidation sites excluding steroid dienone is 1. The van der Waals surface area contributed by atoms with Gasteiger partial charge in [-0.1, -0.05) is 0 Å². The van der Waals surface area contributed by atoms with Crippen LogP contribution in [0.5, 0.6) is 0 Å². The number of carbonyl (C=O) groups is 1. The molecule has 1 aliphatic carbocycles. The molecule has 0 radical (unpaired) electrons. The fourth-order valence-electron chi connectivity index (χ4n) is 3.95. The summed E-state index contributed by atoms with van der Waals surface area (Å²) in [6, 6.07) is 0. The van der Waals surface area contributed by atoms with E-state index in [1.807, 2.05) is 0 Å². The first-order valence-corrected chi connectivity index (χ1v) is 8.29. The maximum atomic E-state index is 11.2. The molecule has 9 heteroatoms. The number of hydrogen-bond donors (Lipinski definition) is 5. The van der Waals surface area contributed by atoms with Crippen LogP contribution >= 0.6 is 0 Å². The highest BCUT2D eigenvalue weighted by atomic mass is 16.8. The molecule has 0 aromatic heterocycles. The van der Waals surface area contributed by atoms with Crippen LogP contribution in [0.3, 0.4) is 0 Å². The molecule has 2 fully saturated rings. The smallest absolute Gasteiger partial charge is 0.207 e. The minimum atomic E-state index is -1.57. The van der Waals surface area contributed by atoms with Gasteiger partial charge in [0.1, 0.15) is 30.7 Å². The molecule has 0 spiro atoms. The van der Waals surface area contributed by atoms with E-state index >= 15 is 0 Å². The molecule has 0 bridgehead atoms. The highest BCUT2D eigenvalue weighted by Crippen LogP contribution is 2.48. The summed E-state index contributed by atoms with van der Waals surface area (Å²) in [5.74, 6) is -0.818. The normalized spacial score (nSPS) is 49.9. The molecule has 3 rings (SSSR count). The zero-order valence-corrected chi connectivity index (χ0v) is 13.8. The molecule has 25 heavy (non-hydrogen) atoms. The molecule has 0 amide bonds. The van der Waals surface area contributed by atoms with Crippen LogP contribution in [0.1, 0.15) is 19.8 Å². The molecular formula is C16H24O9. The third kappa shape index (κ3) is 3.21. The molecule has 0 aromatic carbocycles. The van der Waals surface area contributed by atoms with Crippen molar-refractivity contribution in [3.63, 3.8) is 0 Å². The van der Waals surface area contributed by atoms with Crippen LogP contribution in [-0.4, -0.2) is 81.0 Å². The van der Waals surface area contributed by atoms with Crippen molar-refractivity contribution < 1.29 is 44.5 Å². The number of aldehydes is 1. The highest BCUT2D eigenvalue weighted by molar-refractivity contribution is 5.74. The predicted molar refractivity (Wildman–Crippen MR) is 80.7 cm³/mol. The van der Waals surface area contributed by atoms with Gasteiger partial charge in [0.05, 0.1) is 24.4 Å². The summed E-state index contributed by atoms with van der Waals surface area (Å²) in [4.78, 5) is 11.2. The Kier molecular flexibility index (Phi) is 5.18. The van der Waals surface area contributed by atoms with Crippen LogP contribution in [-0.2, 0) is 19.0 Å². The van der Waals surface area contributed by atoms with Crippen LogP contribution in [0.2, 0.25) is 0 Å². The first-order chi connectivity index (χ1) is 11.8. The quantitative estimate of drug-likeness (QED) is 0.360. The fraction of sp³-hybridized carbons (Fsp3) is 0.812. The summed E-state index contributed by atoms with van der Waals surface area (Å²) in [6.45, 7) is 1.05. The number of rotatable bonds is 4. The van der Waals surface area contributed by atoms with Gasteiger partial charge in [-0.15, -0.1) is 0 Å². The van der Waals surface area contributed by atoms with Gasteiger partial charge in [-0.25, -0.2) is 0 Å². The van der Waals surface area contributed by atoms with Crippen molar-refractivity contribution in [3.05, 3.63) is 11.8 Å². The number of hydrogen-bond acceptors (Lipinski definition) is 9. The van der Waals surface area contributed by atoms with E-state index in [0.717, 1.165) is 0 Å². The number of aliphatic hydroxyl groups is 5. The maximum absolute atomic E-state index is 11.2. The van der Waals surface area contributed by atoms with Crippen LogP contribution in [0.4, 0.5) is 0 Å². The van der Waals surface area contributed by atoms with Gasteiger partial charge in [0.2, 0.25) is 6.29 Å². The first-order valence-electron chi connectivity index (χ1n) is 8.29. The molecule has 9 nitrogen and oxygen atoms in total. The van der Waals surface area contributed by atoms with Crippen molar-refractivity contribution in [2.75, 3.05) is 6.61 Å². The van der Waals surface area contributed by atoms with Crippen molar-refractivity contribution in [2.45, 2.75) is 62.4 Å². The van der Waals surface area contributed by atoms with Crippen molar-refractivity contribution in [2.24, 2.45) is 11.8 Å². The number of fused-ring (bicyclic) bond motifs is 1. The van der Waals surface area contributed by atoms with Crippen molar-refractivity contribution in [3.8, 4) is 0 Å². The number of carbonyl (C=O) groups excluding carboxylic acids is 1. The monoisotopic (exact) mass is 360 g/mol. The molecular weight excluding hydrogens is 336 g/mol. The van der Waals surface area contributed by atoms with Gasteiger partial charge in [0.15, 0.2) is 6.29 Å². The zero-order chi connectivity index (χ0) is 18.4. The first kappa shape index (κ1) is 18.7. The minimum Gasteiger partial charge on any atom is -0.472 e. The average molecular weight is 360 g/mol. The van der Waals surface area contributed by atoms with E-state index in [9.17, 15) is 30.3 Å². The molecule has 3 aliphatic rings. The second-order valence-electron chi connectivity index (χ2n) is 7.10. The predicted octanol–water partition coefficient (Wildman–Crippen LogP) is -1.98. The van der Waals surface area contributed by atoms with E-state index in [-0.39, 0.29) is 5.92 Å². The Balaban J connectivity index is 1.79. The lowest BCUT2D eigenvalue weighted by Crippen LogP contribution is -2.60. The van der Waals surface area contributed by atoms with Crippen molar-refractivity contribution in [1.29, 1.82) is 0 Å². The summed E-state index contributed by atoms with van der Waals surface area (Å²) >= 11 is 0. The molecule has 0 aromatic rings. The topological polar surface area (TPSA) is 146 Å². The Labute approximate surface area is 144 Å². The maximum Gasteiger partial charge on any atom is 0.207 e. The molecule has 1 saturated carbocycles. The number of aliphatic hydroxyl groups excluding tert-OH is 4. The summed E-state index contributed by atoms with van der Waals surface area (Å²) in [5, 5.41) is 49.6. The van der Waals surface area contributed by atoms with Crippen LogP contribution < -0.4 is 0 Å².